The number of rotatable bonds is 0. The fraction of sp³-hybridized carbons (Fsp3) is 0.375. The van der Waals surface area contributed by atoms with Gasteiger partial charge >= 0.3 is 7.25 Å². The fourth-order valence-electron chi connectivity index (χ4n) is 0.827. The lowest BCUT2D eigenvalue weighted by atomic mass is 10.2. The van der Waals surface area contributed by atoms with E-state index in [2.05, 4.69) is 43.8 Å². The Morgan fingerprint density at radius 1 is 1.14 bits per heavy atom. The first kappa shape index (κ1) is 12.9. The van der Waals surface area contributed by atoms with Gasteiger partial charge in [-0.05, 0) is 13.0 Å². The fourth-order valence-corrected chi connectivity index (χ4v) is 0.827. The summed E-state index contributed by atoms with van der Waals surface area (Å²) in [6.07, 6.45) is 2.06. The smallest absolute Gasteiger partial charge is 0.418 e. The zero-order valence-electron chi connectivity index (χ0n) is 8.27. The molecule has 0 amide bonds. The lowest BCUT2D eigenvalue weighted by Gasteiger charge is -1.94. The Bertz CT molecular complexity index is 272. The minimum atomic E-state index is -6.00. The summed E-state index contributed by atoms with van der Waals surface area (Å²) in [6, 6.07) is 4.18. The Labute approximate surface area is 80.5 Å². The van der Waals surface area contributed by atoms with Crippen LogP contribution in [-0.2, 0) is 7.05 Å². The average molecular weight is 209 g/mol. The first-order chi connectivity index (χ1) is 6.22. The second-order valence-electron chi connectivity index (χ2n) is 2.88. The van der Waals surface area contributed by atoms with Gasteiger partial charge in [0.25, 0.3) is 0 Å². The maximum absolute atomic E-state index is 9.75. The number of nitrogens with zero attached hydrogens (tertiary/aromatic N) is 1. The second-order valence-corrected chi connectivity index (χ2v) is 2.88. The number of aromatic nitrogens is 1. The van der Waals surface area contributed by atoms with Crippen molar-refractivity contribution in [3.63, 3.8) is 0 Å². The van der Waals surface area contributed by atoms with Crippen LogP contribution in [0.2, 0.25) is 0 Å². The molecule has 0 aliphatic rings. The summed E-state index contributed by atoms with van der Waals surface area (Å²) in [4.78, 5) is 0. The first-order valence-corrected chi connectivity index (χ1v) is 4.01. The van der Waals surface area contributed by atoms with E-state index in [4.69, 9.17) is 0 Å². The van der Waals surface area contributed by atoms with E-state index >= 15 is 0 Å². The lowest BCUT2D eigenvalue weighted by Crippen LogP contribution is -2.31. The molecule has 0 N–H and O–H groups in total. The van der Waals surface area contributed by atoms with E-state index in [0.717, 1.165) is 0 Å². The molecular formula is C8H12BF4N. The monoisotopic (exact) mass is 209 g/mol. The molecule has 1 nitrogen and oxygen atoms in total. The van der Waals surface area contributed by atoms with Gasteiger partial charge in [-0.2, -0.15) is 0 Å². The number of aryl methyl sites for hydroxylation is 2. The summed E-state index contributed by atoms with van der Waals surface area (Å²) in [6.45, 7) is 4.24. The van der Waals surface area contributed by atoms with E-state index in [9.17, 15) is 17.3 Å². The van der Waals surface area contributed by atoms with Crippen LogP contribution in [0.1, 0.15) is 11.3 Å². The van der Waals surface area contributed by atoms with Crippen LogP contribution in [0.25, 0.3) is 0 Å². The third kappa shape index (κ3) is 6.45. The van der Waals surface area contributed by atoms with Crippen LogP contribution in [-0.4, -0.2) is 7.25 Å². The molecule has 0 saturated heterocycles. The van der Waals surface area contributed by atoms with Crippen LogP contribution in [0.15, 0.2) is 18.3 Å². The number of hydrogen-bond acceptors (Lipinski definition) is 0. The Hall–Kier alpha value is -1.07. The van der Waals surface area contributed by atoms with E-state index in [1.807, 2.05) is 0 Å². The number of halogens is 4. The van der Waals surface area contributed by atoms with Crippen LogP contribution in [0.4, 0.5) is 17.3 Å². The third-order valence-corrected chi connectivity index (χ3v) is 1.76. The van der Waals surface area contributed by atoms with Crippen LogP contribution < -0.4 is 4.57 Å². The van der Waals surface area contributed by atoms with E-state index in [1.54, 1.807) is 0 Å². The van der Waals surface area contributed by atoms with Crippen molar-refractivity contribution in [2.24, 2.45) is 7.05 Å². The molecule has 0 radical (unpaired) electrons. The van der Waals surface area contributed by atoms with Crippen LogP contribution >= 0.6 is 0 Å². The van der Waals surface area contributed by atoms with Crippen molar-refractivity contribution in [2.45, 2.75) is 13.8 Å². The Balaban J connectivity index is 0.000000292. The molecule has 6 heteroatoms. The van der Waals surface area contributed by atoms with Gasteiger partial charge in [0.1, 0.15) is 7.05 Å². The maximum Gasteiger partial charge on any atom is 0.673 e. The summed E-state index contributed by atoms with van der Waals surface area (Å²) in [7, 11) is -3.94. The van der Waals surface area contributed by atoms with Gasteiger partial charge in [-0.3, -0.25) is 0 Å². The molecule has 0 spiro atoms. The molecule has 80 valence electrons. The highest BCUT2D eigenvalue weighted by Gasteiger charge is 2.20. The van der Waals surface area contributed by atoms with Gasteiger partial charge in [0.2, 0.25) is 0 Å². The van der Waals surface area contributed by atoms with Gasteiger partial charge in [-0.25, -0.2) is 4.57 Å². The molecule has 1 rings (SSSR count). The number of hydrogen-bond donors (Lipinski definition) is 0. The molecule has 1 heterocycles. The third-order valence-electron chi connectivity index (χ3n) is 1.76. The SMILES string of the molecule is Cc1ccc[n+](C)c1C.F[B-](F)(F)F. The van der Waals surface area contributed by atoms with Crippen LogP contribution in [0.5, 0.6) is 0 Å². The Kier molecular flexibility index (Phi) is 4.60. The molecule has 0 saturated carbocycles. The quantitative estimate of drug-likeness (QED) is 0.351. The molecule has 0 atom stereocenters. The summed E-state index contributed by atoms with van der Waals surface area (Å²) in [5.41, 5.74) is 2.68. The Morgan fingerprint density at radius 3 is 1.86 bits per heavy atom. The van der Waals surface area contributed by atoms with E-state index in [0.29, 0.717) is 0 Å². The number of pyridine rings is 1. The molecule has 14 heavy (non-hydrogen) atoms. The van der Waals surface area contributed by atoms with Crippen molar-refractivity contribution < 1.29 is 21.8 Å². The van der Waals surface area contributed by atoms with Gasteiger partial charge in [-0.15, -0.1) is 0 Å². The van der Waals surface area contributed by atoms with Crippen molar-refractivity contribution in [1.82, 2.24) is 0 Å². The largest absolute Gasteiger partial charge is 0.673 e. The molecule has 0 aromatic carbocycles. The minimum Gasteiger partial charge on any atom is -0.418 e. The van der Waals surface area contributed by atoms with Crippen molar-refractivity contribution >= 4 is 7.25 Å². The van der Waals surface area contributed by atoms with Gasteiger partial charge in [0.15, 0.2) is 11.9 Å². The Morgan fingerprint density at radius 2 is 1.57 bits per heavy atom. The van der Waals surface area contributed by atoms with Crippen molar-refractivity contribution in [3.8, 4) is 0 Å². The second kappa shape index (κ2) is 4.98. The molecule has 1 aromatic heterocycles. The topological polar surface area (TPSA) is 3.88 Å². The van der Waals surface area contributed by atoms with Gasteiger partial charge in [0.05, 0.1) is 0 Å². The van der Waals surface area contributed by atoms with Crippen molar-refractivity contribution in [3.05, 3.63) is 29.6 Å². The zero-order valence-corrected chi connectivity index (χ0v) is 8.27. The van der Waals surface area contributed by atoms with Gasteiger partial charge in [0, 0.05) is 18.6 Å². The highest BCUT2D eigenvalue weighted by Crippen LogP contribution is 2.06. The molecule has 0 aliphatic carbocycles. The minimum absolute atomic E-state index is 1.33. The average Bonchev–Trinajstić information content (AvgIpc) is 1.97. The van der Waals surface area contributed by atoms with E-state index in [1.165, 1.54) is 11.3 Å². The van der Waals surface area contributed by atoms with Crippen LogP contribution in [0, 0.1) is 13.8 Å². The molecular weight excluding hydrogens is 197 g/mol. The predicted octanol–water partition coefficient (Wildman–Crippen LogP) is 2.43. The first-order valence-electron chi connectivity index (χ1n) is 4.01. The van der Waals surface area contributed by atoms with E-state index < -0.39 is 7.25 Å². The van der Waals surface area contributed by atoms with Crippen molar-refractivity contribution in [2.75, 3.05) is 0 Å². The molecule has 0 aliphatic heterocycles. The van der Waals surface area contributed by atoms with Crippen molar-refractivity contribution in [1.29, 1.82) is 0 Å². The summed E-state index contributed by atoms with van der Waals surface area (Å²) in [5, 5.41) is 0. The van der Waals surface area contributed by atoms with Gasteiger partial charge < -0.3 is 17.3 Å². The molecule has 0 fully saturated rings. The molecule has 0 bridgehead atoms. The molecule has 0 unspecified atom stereocenters. The highest BCUT2D eigenvalue weighted by molar-refractivity contribution is 6.50. The molecule has 1 aromatic rings. The maximum atomic E-state index is 9.75. The lowest BCUT2D eigenvalue weighted by molar-refractivity contribution is -0.678. The summed E-state index contributed by atoms with van der Waals surface area (Å²) in [5.74, 6) is 0. The summed E-state index contributed by atoms with van der Waals surface area (Å²) < 4.78 is 41.1. The normalized spacial score (nSPS) is 10.5. The standard InChI is InChI=1S/C8H12N.BF4/c1-7-5-4-6-9(3)8(7)2;2-1(3,4)5/h4-6H,1-3H3;/q+1;-1. The predicted molar refractivity (Wildman–Crippen MR) is 47.3 cm³/mol. The zero-order chi connectivity index (χ0) is 11.4. The van der Waals surface area contributed by atoms with Crippen LogP contribution in [0.3, 0.4) is 0 Å². The van der Waals surface area contributed by atoms with Gasteiger partial charge in [-0.1, -0.05) is 0 Å². The summed E-state index contributed by atoms with van der Waals surface area (Å²) >= 11 is 0. The highest BCUT2D eigenvalue weighted by atomic mass is 19.5. The van der Waals surface area contributed by atoms with E-state index in [-0.39, 0.29) is 0 Å².